The fraction of sp³-hybridized carbons (Fsp3) is 0.562. The van der Waals surface area contributed by atoms with E-state index in [4.69, 9.17) is 0 Å². The van der Waals surface area contributed by atoms with Crippen molar-refractivity contribution in [3.05, 3.63) is 29.6 Å². The molecule has 1 heterocycles. The summed E-state index contributed by atoms with van der Waals surface area (Å²) in [7, 11) is 0. The van der Waals surface area contributed by atoms with Crippen LogP contribution in [0, 0.1) is 24.1 Å². The fourth-order valence-corrected chi connectivity index (χ4v) is 2.67. The Morgan fingerprint density at radius 3 is 2.85 bits per heavy atom. The third-order valence-corrected chi connectivity index (χ3v) is 4.27. The first kappa shape index (κ1) is 15.0. The summed E-state index contributed by atoms with van der Waals surface area (Å²) in [6.45, 7) is 7.62. The van der Waals surface area contributed by atoms with E-state index >= 15 is 0 Å². The van der Waals surface area contributed by atoms with Crippen LogP contribution in [0.3, 0.4) is 0 Å². The first-order valence-electron chi connectivity index (χ1n) is 7.19. The molecule has 1 aromatic carbocycles. The molecule has 1 aliphatic heterocycles. The maximum absolute atomic E-state index is 13.7. The van der Waals surface area contributed by atoms with Gasteiger partial charge < -0.3 is 10.6 Å². The van der Waals surface area contributed by atoms with Gasteiger partial charge in [0.15, 0.2) is 0 Å². The molecule has 1 unspecified atom stereocenters. The summed E-state index contributed by atoms with van der Waals surface area (Å²) < 4.78 is 13.7. The normalized spacial score (nSPS) is 19.7. The number of carbonyl (C=O) groups excluding carboxylic acids is 1. The van der Waals surface area contributed by atoms with Gasteiger partial charge in [-0.2, -0.15) is 0 Å². The number of aryl methyl sites for hydroxylation is 1. The summed E-state index contributed by atoms with van der Waals surface area (Å²) in [4.78, 5) is 12.5. The number of nitrogens with one attached hydrogen (secondary N) is 2. The molecule has 1 aromatic rings. The van der Waals surface area contributed by atoms with Crippen molar-refractivity contribution in [3.8, 4) is 0 Å². The third-order valence-electron chi connectivity index (χ3n) is 4.27. The van der Waals surface area contributed by atoms with Gasteiger partial charge in [0.1, 0.15) is 5.82 Å². The Morgan fingerprint density at radius 1 is 1.45 bits per heavy atom. The van der Waals surface area contributed by atoms with Crippen molar-refractivity contribution in [2.75, 3.05) is 18.4 Å². The second kappa shape index (κ2) is 5.92. The first-order chi connectivity index (χ1) is 9.41. The van der Waals surface area contributed by atoms with Crippen molar-refractivity contribution < 1.29 is 9.18 Å². The van der Waals surface area contributed by atoms with Crippen molar-refractivity contribution in [1.29, 1.82) is 0 Å². The number of carbonyl (C=O) groups is 1. The lowest BCUT2D eigenvalue weighted by molar-refractivity contribution is -0.127. The summed E-state index contributed by atoms with van der Waals surface area (Å²) >= 11 is 0. The average molecular weight is 278 g/mol. The number of hydrogen-bond donors (Lipinski definition) is 2. The quantitative estimate of drug-likeness (QED) is 0.892. The molecule has 1 atom stereocenters. The molecule has 1 amide bonds. The fourth-order valence-electron chi connectivity index (χ4n) is 2.67. The molecule has 0 bridgehead atoms. The van der Waals surface area contributed by atoms with E-state index < -0.39 is 5.41 Å². The van der Waals surface area contributed by atoms with Gasteiger partial charge in [-0.1, -0.05) is 19.9 Å². The lowest BCUT2D eigenvalue weighted by Crippen LogP contribution is -2.44. The van der Waals surface area contributed by atoms with Gasteiger partial charge in [0.05, 0.1) is 5.69 Å². The molecule has 0 spiro atoms. The SMILES string of the molecule is Cc1ccc(F)c(NC(=O)C(C)(C)C2CCCNC2)c1. The molecule has 0 saturated carbocycles. The molecule has 0 aliphatic carbocycles. The van der Waals surface area contributed by atoms with Gasteiger partial charge in [0.2, 0.25) is 5.91 Å². The van der Waals surface area contributed by atoms with Crippen molar-refractivity contribution in [2.24, 2.45) is 11.3 Å². The van der Waals surface area contributed by atoms with Gasteiger partial charge in [-0.05, 0) is 56.5 Å². The van der Waals surface area contributed by atoms with Gasteiger partial charge in [-0.3, -0.25) is 4.79 Å². The highest BCUT2D eigenvalue weighted by atomic mass is 19.1. The molecule has 2 rings (SSSR count). The molecule has 0 radical (unpaired) electrons. The Hall–Kier alpha value is -1.42. The van der Waals surface area contributed by atoms with E-state index in [2.05, 4.69) is 10.6 Å². The highest BCUT2D eigenvalue weighted by Gasteiger charge is 2.37. The number of amides is 1. The monoisotopic (exact) mass is 278 g/mol. The van der Waals surface area contributed by atoms with Crippen molar-refractivity contribution >= 4 is 11.6 Å². The Bertz CT molecular complexity index is 493. The largest absolute Gasteiger partial charge is 0.323 e. The second-order valence-corrected chi connectivity index (χ2v) is 6.20. The minimum absolute atomic E-state index is 0.115. The molecule has 1 aliphatic rings. The average Bonchev–Trinajstić information content (AvgIpc) is 2.43. The van der Waals surface area contributed by atoms with Crippen LogP contribution < -0.4 is 10.6 Å². The molecule has 20 heavy (non-hydrogen) atoms. The zero-order chi connectivity index (χ0) is 14.8. The summed E-state index contributed by atoms with van der Waals surface area (Å²) in [6, 6.07) is 4.75. The lowest BCUT2D eigenvalue weighted by atomic mass is 9.74. The van der Waals surface area contributed by atoms with Crippen LogP contribution in [0.1, 0.15) is 32.3 Å². The van der Waals surface area contributed by atoms with Crippen LogP contribution in [0.2, 0.25) is 0 Å². The van der Waals surface area contributed by atoms with Gasteiger partial charge in [0.25, 0.3) is 0 Å². The van der Waals surface area contributed by atoms with E-state index in [1.54, 1.807) is 12.1 Å². The summed E-state index contributed by atoms with van der Waals surface area (Å²) in [6.07, 6.45) is 2.11. The molecule has 1 saturated heterocycles. The van der Waals surface area contributed by atoms with Gasteiger partial charge in [-0.15, -0.1) is 0 Å². The van der Waals surface area contributed by atoms with Crippen LogP contribution in [-0.4, -0.2) is 19.0 Å². The molecular formula is C16H23FN2O. The van der Waals surface area contributed by atoms with Crippen molar-refractivity contribution in [1.82, 2.24) is 5.32 Å². The van der Waals surface area contributed by atoms with Gasteiger partial charge in [0, 0.05) is 5.41 Å². The van der Waals surface area contributed by atoms with Crippen LogP contribution in [0.25, 0.3) is 0 Å². The van der Waals surface area contributed by atoms with Crippen molar-refractivity contribution in [2.45, 2.75) is 33.6 Å². The lowest BCUT2D eigenvalue weighted by Gasteiger charge is -2.36. The first-order valence-corrected chi connectivity index (χ1v) is 7.19. The van der Waals surface area contributed by atoms with E-state index in [9.17, 15) is 9.18 Å². The van der Waals surface area contributed by atoms with E-state index in [-0.39, 0.29) is 23.3 Å². The maximum Gasteiger partial charge on any atom is 0.230 e. The van der Waals surface area contributed by atoms with E-state index in [1.807, 2.05) is 20.8 Å². The zero-order valence-electron chi connectivity index (χ0n) is 12.4. The highest BCUT2D eigenvalue weighted by molar-refractivity contribution is 5.95. The Balaban J connectivity index is 2.11. The van der Waals surface area contributed by atoms with E-state index in [0.717, 1.165) is 31.5 Å². The van der Waals surface area contributed by atoms with Crippen LogP contribution in [0.5, 0.6) is 0 Å². The zero-order valence-corrected chi connectivity index (χ0v) is 12.4. The molecule has 2 N–H and O–H groups in total. The Labute approximate surface area is 120 Å². The number of halogens is 1. The maximum atomic E-state index is 13.7. The van der Waals surface area contributed by atoms with Gasteiger partial charge in [-0.25, -0.2) is 4.39 Å². The molecule has 1 fully saturated rings. The van der Waals surface area contributed by atoms with E-state index in [1.165, 1.54) is 6.07 Å². The number of anilines is 1. The molecular weight excluding hydrogens is 255 g/mol. The predicted octanol–water partition coefficient (Wildman–Crippen LogP) is 3.10. The van der Waals surface area contributed by atoms with Gasteiger partial charge >= 0.3 is 0 Å². The van der Waals surface area contributed by atoms with Crippen molar-refractivity contribution in [3.63, 3.8) is 0 Å². The molecule has 3 nitrogen and oxygen atoms in total. The van der Waals surface area contributed by atoms with Crippen LogP contribution >= 0.6 is 0 Å². The Kier molecular flexibility index (Phi) is 4.43. The summed E-state index contributed by atoms with van der Waals surface area (Å²) in [5.41, 5.74) is 0.689. The minimum Gasteiger partial charge on any atom is -0.323 e. The molecule has 4 heteroatoms. The molecule has 110 valence electrons. The standard InChI is InChI=1S/C16H23FN2O/c1-11-6-7-13(17)14(9-11)19-15(20)16(2,3)12-5-4-8-18-10-12/h6-7,9,12,18H,4-5,8,10H2,1-3H3,(H,19,20). The smallest absolute Gasteiger partial charge is 0.230 e. The summed E-state index contributed by atoms with van der Waals surface area (Å²) in [5, 5.41) is 6.07. The number of rotatable bonds is 3. The minimum atomic E-state index is -0.510. The summed E-state index contributed by atoms with van der Waals surface area (Å²) in [5.74, 6) is -0.221. The second-order valence-electron chi connectivity index (χ2n) is 6.20. The number of hydrogen-bond acceptors (Lipinski definition) is 2. The van der Waals surface area contributed by atoms with Crippen LogP contribution in [0.15, 0.2) is 18.2 Å². The third kappa shape index (κ3) is 3.18. The topological polar surface area (TPSA) is 41.1 Å². The van der Waals surface area contributed by atoms with Crippen LogP contribution in [-0.2, 0) is 4.79 Å². The number of piperidine rings is 1. The van der Waals surface area contributed by atoms with Crippen LogP contribution in [0.4, 0.5) is 10.1 Å². The molecule has 0 aromatic heterocycles. The Morgan fingerprint density at radius 2 is 2.20 bits per heavy atom. The number of benzene rings is 1. The highest BCUT2D eigenvalue weighted by Crippen LogP contribution is 2.33. The van der Waals surface area contributed by atoms with E-state index in [0.29, 0.717) is 0 Å². The predicted molar refractivity (Wildman–Crippen MR) is 79.1 cm³/mol.